The third-order valence-corrected chi connectivity index (χ3v) is 4.04. The van der Waals surface area contributed by atoms with Crippen LogP contribution in [0.3, 0.4) is 0 Å². The number of carbonyl (C=O) groups is 2. The summed E-state index contributed by atoms with van der Waals surface area (Å²) in [5, 5.41) is 2.09. The fourth-order valence-electron chi connectivity index (χ4n) is 2.16. The lowest BCUT2D eigenvalue weighted by atomic mass is 10.2. The maximum atomic E-state index is 14.4. The number of hydroxylamine groups is 1. The van der Waals surface area contributed by atoms with E-state index < -0.39 is 49.7 Å². The Kier molecular flexibility index (Phi) is 9.30. The van der Waals surface area contributed by atoms with Gasteiger partial charge in [0, 0.05) is 0 Å². The highest BCUT2D eigenvalue weighted by molar-refractivity contribution is 7.51. The summed E-state index contributed by atoms with van der Waals surface area (Å²) in [6.45, 7) is 3.43. The monoisotopic (exact) mass is 412 g/mol. The number of amides is 3. The third kappa shape index (κ3) is 7.91. The van der Waals surface area contributed by atoms with Crippen molar-refractivity contribution in [3.05, 3.63) is 11.5 Å². The van der Waals surface area contributed by atoms with Crippen LogP contribution in [0.2, 0.25) is 0 Å². The van der Waals surface area contributed by atoms with Crippen LogP contribution in [0.1, 0.15) is 33.1 Å². The van der Waals surface area contributed by atoms with Gasteiger partial charge in [0.25, 0.3) is 5.91 Å². The van der Waals surface area contributed by atoms with E-state index in [4.69, 9.17) is 25.1 Å². The molecule has 0 saturated carbocycles. The van der Waals surface area contributed by atoms with E-state index in [2.05, 4.69) is 5.32 Å². The molecule has 0 aromatic carbocycles. The lowest BCUT2D eigenvalue weighted by molar-refractivity contribution is -0.130. The molecular weight excluding hydrogens is 386 g/mol. The Hall–Kier alpha value is -1.56. The van der Waals surface area contributed by atoms with Gasteiger partial charge >= 0.3 is 13.6 Å². The largest absolute Gasteiger partial charge is 0.364 e. The van der Waals surface area contributed by atoms with Gasteiger partial charge in [-0.2, -0.15) is 0 Å². The number of ether oxygens (including phenoxy) is 1. The van der Waals surface area contributed by atoms with Gasteiger partial charge in [0.05, 0.1) is 19.3 Å². The smallest absolute Gasteiger partial charge is 0.350 e. The van der Waals surface area contributed by atoms with Crippen molar-refractivity contribution >= 4 is 19.5 Å². The first-order valence-electron chi connectivity index (χ1n) is 8.38. The van der Waals surface area contributed by atoms with Gasteiger partial charge in [-0.05, 0) is 13.3 Å². The van der Waals surface area contributed by atoms with Gasteiger partial charge in [0.1, 0.15) is 18.2 Å². The first-order valence-corrected chi connectivity index (χ1v) is 10.2. The standard InChI is InChI=1S/C14H26FN4O7P/c1-3-4-5-6-26-18-13(20)11-10(15)12(16)19(14(21)17-11)7-9(2)25-8-27(22,23)24/h9,12H,3-8,16H2,1-2H3,(H,17,21)(H,18,20)(H2,22,23,24)/t9-,12?/m1/s1. The predicted molar refractivity (Wildman–Crippen MR) is 92.4 cm³/mol. The molecule has 6 N–H and O–H groups in total. The summed E-state index contributed by atoms with van der Waals surface area (Å²) in [6.07, 6.45) is -0.648. The molecule has 1 aliphatic rings. The van der Waals surface area contributed by atoms with Gasteiger partial charge in [-0.25, -0.2) is 14.7 Å². The maximum Gasteiger partial charge on any atom is 0.350 e. The molecule has 1 heterocycles. The van der Waals surface area contributed by atoms with Crippen LogP contribution in [-0.2, 0) is 18.9 Å². The number of carbonyl (C=O) groups excluding carboxylic acids is 2. The number of unbranched alkanes of at least 4 members (excludes halogenated alkanes) is 2. The summed E-state index contributed by atoms with van der Waals surface area (Å²) in [5.41, 5.74) is 7.06. The van der Waals surface area contributed by atoms with E-state index in [0.29, 0.717) is 6.42 Å². The lowest BCUT2D eigenvalue weighted by Gasteiger charge is -2.34. The highest BCUT2D eigenvalue weighted by Gasteiger charge is 2.36. The average Bonchev–Trinajstić information content (AvgIpc) is 2.59. The number of urea groups is 1. The Bertz CT molecular complexity index is 612. The fourth-order valence-corrected chi connectivity index (χ4v) is 2.61. The Balaban J connectivity index is 2.64. The predicted octanol–water partition coefficient (Wildman–Crippen LogP) is 0.256. The van der Waals surface area contributed by atoms with Crippen molar-refractivity contribution in [2.75, 3.05) is 19.5 Å². The first kappa shape index (κ1) is 23.5. The number of nitrogens with zero attached hydrogens (tertiary/aromatic N) is 1. The molecule has 1 aliphatic heterocycles. The van der Waals surface area contributed by atoms with Crippen LogP contribution in [-0.4, -0.2) is 58.4 Å². The van der Waals surface area contributed by atoms with Crippen LogP contribution in [0.15, 0.2) is 11.5 Å². The fraction of sp³-hybridized carbons (Fsp3) is 0.714. The maximum absolute atomic E-state index is 14.4. The molecule has 1 rings (SSSR count). The van der Waals surface area contributed by atoms with Crippen molar-refractivity contribution < 1.29 is 37.9 Å². The van der Waals surface area contributed by atoms with Crippen molar-refractivity contribution in [3.63, 3.8) is 0 Å². The van der Waals surface area contributed by atoms with Crippen molar-refractivity contribution in [2.45, 2.75) is 45.4 Å². The zero-order valence-electron chi connectivity index (χ0n) is 15.2. The molecule has 2 atom stereocenters. The third-order valence-electron chi connectivity index (χ3n) is 3.55. The molecule has 0 fully saturated rings. The SMILES string of the molecule is CCCCCONC(=O)C1=C(F)C(N)N(C[C@@H](C)OCP(=O)(O)O)C(=O)N1. The van der Waals surface area contributed by atoms with E-state index in [1.54, 1.807) is 0 Å². The van der Waals surface area contributed by atoms with Gasteiger partial charge in [0.15, 0.2) is 5.83 Å². The van der Waals surface area contributed by atoms with Crippen molar-refractivity contribution in [1.29, 1.82) is 0 Å². The van der Waals surface area contributed by atoms with Crippen LogP contribution in [0.5, 0.6) is 0 Å². The zero-order chi connectivity index (χ0) is 20.6. The van der Waals surface area contributed by atoms with Crippen molar-refractivity contribution in [2.24, 2.45) is 5.73 Å². The molecular formula is C14H26FN4O7P. The van der Waals surface area contributed by atoms with E-state index in [-0.39, 0.29) is 13.2 Å². The molecule has 0 aromatic rings. The Morgan fingerprint density at radius 1 is 1.48 bits per heavy atom. The molecule has 0 spiro atoms. The van der Waals surface area contributed by atoms with E-state index >= 15 is 0 Å². The first-order chi connectivity index (χ1) is 12.6. The minimum absolute atomic E-state index is 0.245. The number of hydrogen-bond acceptors (Lipinski definition) is 6. The topological polar surface area (TPSA) is 163 Å². The molecule has 13 heteroatoms. The second-order valence-corrected chi connectivity index (χ2v) is 7.60. The molecule has 0 radical (unpaired) electrons. The van der Waals surface area contributed by atoms with Crippen LogP contribution >= 0.6 is 7.60 Å². The minimum atomic E-state index is -4.38. The van der Waals surface area contributed by atoms with E-state index in [1.807, 2.05) is 12.4 Å². The van der Waals surface area contributed by atoms with Crippen LogP contribution in [0.4, 0.5) is 9.18 Å². The number of hydrogen-bond donors (Lipinski definition) is 5. The highest BCUT2D eigenvalue weighted by Crippen LogP contribution is 2.34. The summed E-state index contributed by atoms with van der Waals surface area (Å²) >= 11 is 0. The molecule has 3 amide bonds. The van der Waals surface area contributed by atoms with E-state index in [9.17, 15) is 18.5 Å². The number of nitrogens with two attached hydrogens (primary N) is 1. The lowest BCUT2D eigenvalue weighted by Crippen LogP contribution is -2.58. The Morgan fingerprint density at radius 3 is 2.74 bits per heavy atom. The van der Waals surface area contributed by atoms with Crippen LogP contribution in [0, 0.1) is 0 Å². The van der Waals surface area contributed by atoms with Crippen LogP contribution < -0.4 is 16.5 Å². The summed E-state index contributed by atoms with van der Waals surface area (Å²) in [5.74, 6) is -2.05. The average molecular weight is 412 g/mol. The minimum Gasteiger partial charge on any atom is -0.364 e. The molecule has 0 aromatic heterocycles. The van der Waals surface area contributed by atoms with E-state index in [0.717, 1.165) is 17.7 Å². The molecule has 0 saturated heterocycles. The molecule has 0 aliphatic carbocycles. The summed E-state index contributed by atoms with van der Waals surface area (Å²) < 4.78 is 30.1. The van der Waals surface area contributed by atoms with Crippen molar-refractivity contribution in [3.8, 4) is 0 Å². The van der Waals surface area contributed by atoms with Gasteiger partial charge in [-0.3, -0.25) is 19.1 Å². The van der Waals surface area contributed by atoms with Crippen molar-refractivity contribution in [1.82, 2.24) is 15.7 Å². The second kappa shape index (κ2) is 10.7. The van der Waals surface area contributed by atoms with Gasteiger partial charge in [0.2, 0.25) is 0 Å². The molecule has 11 nitrogen and oxygen atoms in total. The Morgan fingerprint density at radius 2 is 2.15 bits per heavy atom. The van der Waals surface area contributed by atoms with Gasteiger partial charge < -0.3 is 25.6 Å². The molecule has 1 unspecified atom stereocenters. The van der Waals surface area contributed by atoms with E-state index in [1.165, 1.54) is 6.92 Å². The van der Waals surface area contributed by atoms with Gasteiger partial charge in [-0.1, -0.05) is 19.8 Å². The molecule has 0 bridgehead atoms. The second-order valence-electron chi connectivity index (χ2n) is 6.01. The Labute approximate surface area is 156 Å². The quantitative estimate of drug-likeness (QED) is 0.183. The molecule has 156 valence electrons. The number of nitrogens with one attached hydrogen (secondary N) is 2. The number of rotatable bonds is 11. The summed E-state index contributed by atoms with van der Waals surface area (Å²) in [4.78, 5) is 47.4. The number of halogens is 1. The normalized spacial score (nSPS) is 19.1. The van der Waals surface area contributed by atoms with Gasteiger partial charge in [-0.15, -0.1) is 0 Å². The molecule has 27 heavy (non-hydrogen) atoms. The summed E-state index contributed by atoms with van der Waals surface area (Å²) in [6, 6.07) is -0.855. The summed E-state index contributed by atoms with van der Waals surface area (Å²) in [7, 11) is -4.38. The zero-order valence-corrected chi connectivity index (χ0v) is 16.1. The highest BCUT2D eigenvalue weighted by atomic mass is 31.2. The van der Waals surface area contributed by atoms with Crippen LogP contribution in [0.25, 0.3) is 0 Å².